The molecule has 2 heteroatoms. The predicted molar refractivity (Wildman–Crippen MR) is 83.5 cm³/mol. The highest BCUT2D eigenvalue weighted by atomic mass is 16.5. The van der Waals surface area contributed by atoms with Crippen molar-refractivity contribution in [3.63, 3.8) is 0 Å². The molecule has 0 saturated heterocycles. The van der Waals surface area contributed by atoms with Crippen molar-refractivity contribution in [3.8, 4) is 5.75 Å². The minimum Gasteiger partial charge on any atom is -0.497 e. The Balaban J connectivity index is 1.91. The lowest BCUT2D eigenvalue weighted by Gasteiger charge is -2.28. The highest BCUT2D eigenvalue weighted by Gasteiger charge is 2.21. The number of methoxy groups -OCH3 is 1. The van der Waals surface area contributed by atoms with Crippen LogP contribution in [0.3, 0.4) is 0 Å². The monoisotopic (exact) mass is 267 g/mol. The van der Waals surface area contributed by atoms with Crippen LogP contribution >= 0.6 is 0 Å². The summed E-state index contributed by atoms with van der Waals surface area (Å²) >= 11 is 0. The van der Waals surface area contributed by atoms with Gasteiger partial charge in [-0.1, -0.05) is 24.3 Å². The third-order valence-corrected chi connectivity index (χ3v) is 4.14. The number of para-hydroxylation sites is 1. The molecule has 2 aromatic carbocycles. The Bertz CT molecular complexity index is 606. The fraction of sp³-hybridized carbons (Fsp3) is 0.333. The Morgan fingerprint density at radius 2 is 2.00 bits per heavy atom. The van der Waals surface area contributed by atoms with Crippen molar-refractivity contribution in [2.75, 3.05) is 12.4 Å². The first-order chi connectivity index (χ1) is 9.78. The van der Waals surface area contributed by atoms with Crippen LogP contribution in [0.5, 0.6) is 5.75 Å². The normalized spacial score (nSPS) is 17.4. The van der Waals surface area contributed by atoms with Crippen molar-refractivity contribution in [2.24, 2.45) is 0 Å². The standard InChI is InChI=1S/C18H21NO/c1-13-6-3-4-8-17(13)19-18-9-5-7-14-10-11-15(20-2)12-16(14)18/h3-4,6,8,10-12,18-19H,5,7,9H2,1-2H3. The Morgan fingerprint density at radius 1 is 1.15 bits per heavy atom. The number of nitrogens with one attached hydrogen (secondary N) is 1. The summed E-state index contributed by atoms with van der Waals surface area (Å²) in [5.74, 6) is 0.947. The Morgan fingerprint density at radius 3 is 2.80 bits per heavy atom. The summed E-state index contributed by atoms with van der Waals surface area (Å²) in [5.41, 5.74) is 5.36. The van der Waals surface area contributed by atoms with E-state index in [4.69, 9.17) is 4.74 Å². The van der Waals surface area contributed by atoms with Gasteiger partial charge in [0.15, 0.2) is 0 Å². The van der Waals surface area contributed by atoms with E-state index >= 15 is 0 Å². The van der Waals surface area contributed by atoms with Crippen LogP contribution in [0.2, 0.25) is 0 Å². The highest BCUT2D eigenvalue weighted by molar-refractivity contribution is 5.53. The molecule has 0 fully saturated rings. The summed E-state index contributed by atoms with van der Waals surface area (Å²) in [5, 5.41) is 3.70. The smallest absolute Gasteiger partial charge is 0.119 e. The zero-order valence-corrected chi connectivity index (χ0v) is 12.1. The summed E-state index contributed by atoms with van der Waals surface area (Å²) in [6.07, 6.45) is 3.59. The van der Waals surface area contributed by atoms with Crippen LogP contribution in [-0.4, -0.2) is 7.11 Å². The van der Waals surface area contributed by atoms with Gasteiger partial charge in [-0.15, -0.1) is 0 Å². The van der Waals surface area contributed by atoms with Crippen LogP contribution in [0.4, 0.5) is 5.69 Å². The quantitative estimate of drug-likeness (QED) is 0.884. The second kappa shape index (κ2) is 5.58. The molecule has 0 spiro atoms. The fourth-order valence-corrected chi connectivity index (χ4v) is 2.98. The molecule has 104 valence electrons. The summed E-state index contributed by atoms with van der Waals surface area (Å²) in [6.45, 7) is 2.15. The topological polar surface area (TPSA) is 21.3 Å². The van der Waals surface area contributed by atoms with Gasteiger partial charge in [0.25, 0.3) is 0 Å². The number of hydrogen-bond acceptors (Lipinski definition) is 2. The maximum absolute atomic E-state index is 5.37. The number of aryl methyl sites for hydroxylation is 2. The van der Waals surface area contributed by atoms with Gasteiger partial charge in [-0.3, -0.25) is 0 Å². The van der Waals surface area contributed by atoms with E-state index in [-0.39, 0.29) is 0 Å². The van der Waals surface area contributed by atoms with Gasteiger partial charge in [0.2, 0.25) is 0 Å². The Labute approximate surface area is 120 Å². The SMILES string of the molecule is COc1ccc2c(c1)C(Nc1ccccc1C)CCC2. The van der Waals surface area contributed by atoms with Gasteiger partial charge in [0.05, 0.1) is 13.2 Å². The molecule has 0 aromatic heterocycles. The molecule has 0 saturated carbocycles. The molecule has 2 aromatic rings. The molecule has 20 heavy (non-hydrogen) atoms. The number of fused-ring (bicyclic) bond motifs is 1. The van der Waals surface area contributed by atoms with Crippen LogP contribution < -0.4 is 10.1 Å². The van der Waals surface area contributed by atoms with Gasteiger partial charge >= 0.3 is 0 Å². The molecule has 0 bridgehead atoms. The maximum Gasteiger partial charge on any atom is 0.119 e. The van der Waals surface area contributed by atoms with E-state index in [1.165, 1.54) is 41.6 Å². The lowest BCUT2D eigenvalue weighted by molar-refractivity contribution is 0.413. The van der Waals surface area contributed by atoms with Gasteiger partial charge in [-0.05, 0) is 61.1 Å². The molecule has 1 unspecified atom stereocenters. The van der Waals surface area contributed by atoms with Gasteiger partial charge in [-0.2, -0.15) is 0 Å². The van der Waals surface area contributed by atoms with Crippen LogP contribution in [0.15, 0.2) is 42.5 Å². The Kier molecular flexibility index (Phi) is 3.64. The first-order valence-corrected chi connectivity index (χ1v) is 7.27. The number of hydrogen-bond donors (Lipinski definition) is 1. The third-order valence-electron chi connectivity index (χ3n) is 4.14. The summed E-state index contributed by atoms with van der Waals surface area (Å²) in [6, 6.07) is 15.3. The second-order valence-corrected chi connectivity index (χ2v) is 5.47. The molecular formula is C18H21NO. The number of anilines is 1. The van der Waals surface area contributed by atoms with Crippen LogP contribution in [0, 0.1) is 6.92 Å². The molecule has 0 heterocycles. The van der Waals surface area contributed by atoms with E-state index in [2.05, 4.69) is 54.7 Å². The third kappa shape index (κ3) is 2.51. The molecule has 0 aliphatic heterocycles. The van der Waals surface area contributed by atoms with Crippen LogP contribution in [-0.2, 0) is 6.42 Å². The van der Waals surface area contributed by atoms with E-state index in [0.717, 1.165) is 5.75 Å². The zero-order valence-electron chi connectivity index (χ0n) is 12.1. The largest absolute Gasteiger partial charge is 0.497 e. The first kappa shape index (κ1) is 13.0. The molecular weight excluding hydrogens is 246 g/mol. The summed E-state index contributed by atoms with van der Waals surface area (Å²) in [7, 11) is 1.73. The summed E-state index contributed by atoms with van der Waals surface area (Å²) < 4.78 is 5.37. The fourth-order valence-electron chi connectivity index (χ4n) is 2.98. The maximum atomic E-state index is 5.37. The first-order valence-electron chi connectivity index (χ1n) is 7.27. The second-order valence-electron chi connectivity index (χ2n) is 5.47. The minimum absolute atomic E-state index is 0.384. The molecule has 1 atom stereocenters. The minimum atomic E-state index is 0.384. The Hall–Kier alpha value is -1.96. The number of benzene rings is 2. The molecule has 1 aliphatic rings. The van der Waals surface area contributed by atoms with E-state index in [1.54, 1.807) is 7.11 Å². The molecule has 1 N–H and O–H groups in total. The highest BCUT2D eigenvalue weighted by Crippen LogP contribution is 2.35. The van der Waals surface area contributed by atoms with E-state index in [0.29, 0.717) is 6.04 Å². The number of ether oxygens (including phenoxy) is 1. The van der Waals surface area contributed by atoms with E-state index < -0.39 is 0 Å². The van der Waals surface area contributed by atoms with Crippen molar-refractivity contribution in [3.05, 3.63) is 59.2 Å². The van der Waals surface area contributed by atoms with Crippen LogP contribution in [0.1, 0.15) is 35.6 Å². The van der Waals surface area contributed by atoms with Crippen LogP contribution in [0.25, 0.3) is 0 Å². The zero-order chi connectivity index (χ0) is 13.9. The van der Waals surface area contributed by atoms with Gasteiger partial charge in [0, 0.05) is 5.69 Å². The lowest BCUT2D eigenvalue weighted by Crippen LogP contribution is -2.17. The summed E-state index contributed by atoms with van der Waals surface area (Å²) in [4.78, 5) is 0. The van der Waals surface area contributed by atoms with Crippen molar-refractivity contribution in [1.82, 2.24) is 0 Å². The predicted octanol–water partition coefficient (Wildman–Crippen LogP) is 4.49. The van der Waals surface area contributed by atoms with Crippen molar-refractivity contribution >= 4 is 5.69 Å². The van der Waals surface area contributed by atoms with Gasteiger partial charge < -0.3 is 10.1 Å². The van der Waals surface area contributed by atoms with Gasteiger partial charge in [-0.25, -0.2) is 0 Å². The lowest BCUT2D eigenvalue weighted by atomic mass is 9.87. The van der Waals surface area contributed by atoms with Crippen molar-refractivity contribution < 1.29 is 4.74 Å². The molecule has 1 aliphatic carbocycles. The molecule has 2 nitrogen and oxygen atoms in total. The van der Waals surface area contributed by atoms with E-state index in [1.807, 2.05) is 0 Å². The number of rotatable bonds is 3. The van der Waals surface area contributed by atoms with Crippen molar-refractivity contribution in [1.29, 1.82) is 0 Å². The molecule has 0 radical (unpaired) electrons. The van der Waals surface area contributed by atoms with Crippen molar-refractivity contribution in [2.45, 2.75) is 32.2 Å². The van der Waals surface area contributed by atoms with E-state index in [9.17, 15) is 0 Å². The average molecular weight is 267 g/mol. The molecule has 3 rings (SSSR count). The average Bonchev–Trinajstić information content (AvgIpc) is 2.49. The van der Waals surface area contributed by atoms with Gasteiger partial charge in [0.1, 0.15) is 5.75 Å². The molecule has 0 amide bonds.